The van der Waals surface area contributed by atoms with Crippen LogP contribution in [-0.4, -0.2) is 23.4 Å². The number of hydrogen-bond donors (Lipinski definition) is 1. The number of halogens is 1. The van der Waals surface area contributed by atoms with Gasteiger partial charge in [0.25, 0.3) is 0 Å². The Balaban J connectivity index is 1.68. The van der Waals surface area contributed by atoms with Crippen LogP contribution in [0.5, 0.6) is 11.5 Å². The number of rotatable bonds is 4. The fourth-order valence-electron chi connectivity index (χ4n) is 3.13. The Hall–Kier alpha value is -3.31. The van der Waals surface area contributed by atoms with Crippen LogP contribution in [0.2, 0.25) is 5.02 Å². The van der Waals surface area contributed by atoms with Crippen LogP contribution in [0.15, 0.2) is 57.9 Å². The third-order valence-electron chi connectivity index (χ3n) is 4.74. The number of aliphatic imine (C=N–C) groups is 1. The summed E-state index contributed by atoms with van der Waals surface area (Å²) in [5.41, 5.74) is 5.10. The summed E-state index contributed by atoms with van der Waals surface area (Å²) in [7, 11) is 1.62. The van der Waals surface area contributed by atoms with Gasteiger partial charge in [-0.15, -0.1) is 0 Å². The molecule has 1 heterocycles. The molecule has 0 bridgehead atoms. The molecule has 0 aliphatic rings. The van der Waals surface area contributed by atoms with Gasteiger partial charge in [-0.25, -0.2) is 4.98 Å². The van der Waals surface area contributed by atoms with Gasteiger partial charge in [-0.1, -0.05) is 17.7 Å². The van der Waals surface area contributed by atoms with Crippen molar-refractivity contribution in [3.63, 3.8) is 0 Å². The van der Waals surface area contributed by atoms with Crippen molar-refractivity contribution in [3.05, 3.63) is 70.2 Å². The Labute approximate surface area is 173 Å². The largest absolute Gasteiger partial charge is 0.507 e. The molecular formula is C23H19ClN2O3. The molecule has 0 saturated carbocycles. The van der Waals surface area contributed by atoms with Gasteiger partial charge in [0.2, 0.25) is 5.89 Å². The van der Waals surface area contributed by atoms with E-state index in [1.54, 1.807) is 19.4 Å². The zero-order valence-corrected chi connectivity index (χ0v) is 17.0. The van der Waals surface area contributed by atoms with Gasteiger partial charge in [-0.05, 0) is 67.4 Å². The van der Waals surface area contributed by atoms with Crippen LogP contribution in [0.25, 0.3) is 22.6 Å². The van der Waals surface area contributed by atoms with E-state index in [0.717, 1.165) is 22.4 Å². The van der Waals surface area contributed by atoms with Crippen LogP contribution in [-0.2, 0) is 0 Å². The van der Waals surface area contributed by atoms with Gasteiger partial charge in [-0.3, -0.25) is 4.99 Å². The Bertz CT molecular complexity index is 1240. The normalized spacial score (nSPS) is 11.4. The van der Waals surface area contributed by atoms with Crippen LogP contribution in [0.4, 0.5) is 5.69 Å². The first kappa shape index (κ1) is 19.0. The summed E-state index contributed by atoms with van der Waals surface area (Å²) in [4.78, 5) is 9.05. The lowest BCUT2D eigenvalue weighted by molar-refractivity contribution is 0.415. The Morgan fingerprint density at radius 2 is 1.97 bits per heavy atom. The molecule has 29 heavy (non-hydrogen) atoms. The van der Waals surface area contributed by atoms with E-state index in [2.05, 4.69) is 9.98 Å². The lowest BCUT2D eigenvalue weighted by atomic mass is 10.0. The number of hydrogen-bond acceptors (Lipinski definition) is 5. The second-order valence-corrected chi connectivity index (χ2v) is 7.10. The van der Waals surface area contributed by atoms with Crippen molar-refractivity contribution in [3.8, 4) is 23.0 Å². The van der Waals surface area contributed by atoms with Gasteiger partial charge in [0.1, 0.15) is 17.0 Å². The smallest absolute Gasteiger partial charge is 0.227 e. The second-order valence-electron chi connectivity index (χ2n) is 6.73. The minimum atomic E-state index is 0.149. The predicted molar refractivity (Wildman–Crippen MR) is 116 cm³/mol. The quantitative estimate of drug-likeness (QED) is 0.408. The average Bonchev–Trinajstić information content (AvgIpc) is 3.15. The highest BCUT2D eigenvalue weighted by molar-refractivity contribution is 6.32. The van der Waals surface area contributed by atoms with E-state index in [9.17, 15) is 5.11 Å². The van der Waals surface area contributed by atoms with E-state index < -0.39 is 0 Å². The number of phenolic OH excluding ortho intramolecular Hbond substituents is 1. The third kappa shape index (κ3) is 3.69. The van der Waals surface area contributed by atoms with Crippen LogP contribution < -0.4 is 4.74 Å². The Morgan fingerprint density at radius 3 is 2.76 bits per heavy atom. The summed E-state index contributed by atoms with van der Waals surface area (Å²) < 4.78 is 11.1. The summed E-state index contributed by atoms with van der Waals surface area (Å²) in [6.45, 7) is 3.71. The first-order chi connectivity index (χ1) is 14.0. The van der Waals surface area contributed by atoms with E-state index in [0.29, 0.717) is 33.3 Å². The van der Waals surface area contributed by atoms with Crippen molar-refractivity contribution < 1.29 is 14.3 Å². The first-order valence-corrected chi connectivity index (χ1v) is 9.42. The average molecular weight is 407 g/mol. The Morgan fingerprint density at radius 1 is 1.14 bits per heavy atom. The zero-order valence-electron chi connectivity index (χ0n) is 16.2. The lowest BCUT2D eigenvalue weighted by Crippen LogP contribution is -1.92. The standard InChI is InChI=1S/C23H19ClN2O3/c1-13-9-20(27)18(14(2)22(13)24)12-25-16-7-8-21-19(11-16)26-23(29-21)15-5-4-6-17(10-15)28-3/h4-12,27H,1-3H3. The maximum Gasteiger partial charge on any atom is 0.227 e. The van der Waals surface area contributed by atoms with E-state index in [-0.39, 0.29) is 5.75 Å². The predicted octanol–water partition coefficient (Wildman–Crippen LogP) is 6.23. The molecule has 0 spiro atoms. The van der Waals surface area contributed by atoms with E-state index in [1.165, 1.54) is 0 Å². The van der Waals surface area contributed by atoms with E-state index in [4.69, 9.17) is 20.8 Å². The van der Waals surface area contributed by atoms with Crippen LogP contribution in [0.3, 0.4) is 0 Å². The summed E-state index contributed by atoms with van der Waals surface area (Å²) in [5.74, 6) is 1.40. The SMILES string of the molecule is COc1cccc(-c2nc3cc(N=Cc4c(O)cc(C)c(Cl)c4C)ccc3o2)c1. The van der Waals surface area contributed by atoms with Crippen molar-refractivity contribution in [1.82, 2.24) is 4.98 Å². The molecule has 0 fully saturated rings. The van der Waals surface area contributed by atoms with Crippen molar-refractivity contribution in [2.45, 2.75) is 13.8 Å². The molecule has 3 aromatic carbocycles. The van der Waals surface area contributed by atoms with Gasteiger partial charge in [0, 0.05) is 22.4 Å². The van der Waals surface area contributed by atoms with E-state index >= 15 is 0 Å². The van der Waals surface area contributed by atoms with Gasteiger partial charge < -0.3 is 14.3 Å². The molecule has 0 aliphatic heterocycles. The summed E-state index contributed by atoms with van der Waals surface area (Å²) in [6.07, 6.45) is 1.61. The highest BCUT2D eigenvalue weighted by Crippen LogP contribution is 2.31. The molecule has 0 saturated heterocycles. The number of phenols is 1. The summed E-state index contributed by atoms with van der Waals surface area (Å²) in [5, 5.41) is 10.9. The third-order valence-corrected chi connectivity index (χ3v) is 5.32. The van der Waals surface area contributed by atoms with Crippen molar-refractivity contribution >= 4 is 34.6 Å². The molecular weight excluding hydrogens is 388 g/mol. The number of methoxy groups -OCH3 is 1. The van der Waals surface area contributed by atoms with Gasteiger partial charge in [-0.2, -0.15) is 0 Å². The Kier molecular flexibility index (Phi) is 4.99. The molecule has 1 aromatic heterocycles. The number of fused-ring (bicyclic) bond motifs is 1. The van der Waals surface area contributed by atoms with Gasteiger partial charge in [0.05, 0.1) is 12.8 Å². The second kappa shape index (κ2) is 7.60. The van der Waals surface area contributed by atoms with Crippen LogP contribution >= 0.6 is 11.6 Å². The molecule has 4 rings (SSSR count). The number of oxazole rings is 1. The number of ether oxygens (including phenoxy) is 1. The van der Waals surface area contributed by atoms with Gasteiger partial charge in [0.15, 0.2) is 5.58 Å². The highest BCUT2D eigenvalue weighted by atomic mass is 35.5. The summed E-state index contributed by atoms with van der Waals surface area (Å²) in [6, 6.07) is 14.7. The first-order valence-electron chi connectivity index (χ1n) is 9.04. The summed E-state index contributed by atoms with van der Waals surface area (Å²) >= 11 is 6.29. The zero-order chi connectivity index (χ0) is 20.5. The topological polar surface area (TPSA) is 67.9 Å². The maximum absolute atomic E-state index is 10.2. The number of nitrogens with zero attached hydrogens (tertiary/aromatic N) is 2. The molecule has 0 radical (unpaired) electrons. The van der Waals surface area contributed by atoms with Crippen LogP contribution in [0.1, 0.15) is 16.7 Å². The molecule has 0 atom stereocenters. The molecule has 0 unspecified atom stereocenters. The molecule has 5 nitrogen and oxygen atoms in total. The van der Waals surface area contributed by atoms with Crippen LogP contribution in [0, 0.1) is 13.8 Å². The van der Waals surface area contributed by atoms with E-state index in [1.807, 2.05) is 56.3 Å². The number of aromatic nitrogens is 1. The van der Waals surface area contributed by atoms with Crippen molar-refractivity contribution in [2.75, 3.05) is 7.11 Å². The number of benzene rings is 3. The fraction of sp³-hybridized carbons (Fsp3) is 0.130. The van der Waals surface area contributed by atoms with Crippen molar-refractivity contribution in [2.24, 2.45) is 4.99 Å². The number of aryl methyl sites for hydroxylation is 1. The minimum Gasteiger partial charge on any atom is -0.507 e. The molecule has 0 amide bonds. The maximum atomic E-state index is 10.2. The molecule has 146 valence electrons. The van der Waals surface area contributed by atoms with Crippen molar-refractivity contribution in [1.29, 1.82) is 0 Å². The fourth-order valence-corrected chi connectivity index (χ4v) is 3.29. The monoisotopic (exact) mass is 406 g/mol. The van der Waals surface area contributed by atoms with Gasteiger partial charge >= 0.3 is 0 Å². The minimum absolute atomic E-state index is 0.149. The highest BCUT2D eigenvalue weighted by Gasteiger charge is 2.11. The molecule has 1 N–H and O–H groups in total. The lowest BCUT2D eigenvalue weighted by Gasteiger charge is -2.08. The molecule has 0 aliphatic carbocycles. The molecule has 6 heteroatoms. The number of aromatic hydroxyl groups is 1. The molecule has 4 aromatic rings.